The van der Waals surface area contributed by atoms with E-state index in [1.165, 1.54) is 11.8 Å². The highest BCUT2D eigenvalue weighted by atomic mass is 32.2. The normalized spacial score (nSPS) is 17.0. The number of aliphatic imine (C=N–C) groups is 1. The van der Waals surface area contributed by atoms with Crippen LogP contribution >= 0.6 is 11.8 Å². The molecular weight excluding hydrogens is 418 g/mol. The second kappa shape index (κ2) is 10.2. The Morgan fingerprint density at radius 2 is 1.74 bits per heavy atom. The summed E-state index contributed by atoms with van der Waals surface area (Å²) >= 11 is 1.27. The van der Waals surface area contributed by atoms with Crippen LogP contribution in [0.3, 0.4) is 0 Å². The molecule has 2 aromatic carbocycles. The van der Waals surface area contributed by atoms with Crippen molar-refractivity contribution in [1.29, 1.82) is 0 Å². The average Bonchev–Trinajstić information content (AvgIpc) is 3.07. The zero-order valence-electron chi connectivity index (χ0n) is 17.9. The number of carbonyl (C=O) groups excluding carboxylic acids is 2. The molecule has 1 fully saturated rings. The van der Waals surface area contributed by atoms with Gasteiger partial charge >= 0.3 is 0 Å². The molecule has 164 valence electrons. The van der Waals surface area contributed by atoms with Crippen LogP contribution in [0.15, 0.2) is 47.5 Å². The molecule has 1 aliphatic heterocycles. The van der Waals surface area contributed by atoms with E-state index in [0.29, 0.717) is 40.3 Å². The Morgan fingerprint density at radius 1 is 1.06 bits per heavy atom. The fraction of sp³-hybridized carbons (Fsp3) is 0.318. The molecule has 0 radical (unpaired) electrons. The predicted octanol–water partition coefficient (Wildman–Crippen LogP) is 3.69. The van der Waals surface area contributed by atoms with Gasteiger partial charge in [-0.1, -0.05) is 11.8 Å². The van der Waals surface area contributed by atoms with Gasteiger partial charge in [0, 0.05) is 24.7 Å². The van der Waals surface area contributed by atoms with Crippen LogP contribution in [0, 0.1) is 0 Å². The number of rotatable bonds is 8. The van der Waals surface area contributed by atoms with Crippen LogP contribution in [0.1, 0.15) is 13.3 Å². The molecule has 8 nitrogen and oxygen atoms in total. The minimum Gasteiger partial charge on any atom is -0.497 e. The molecule has 31 heavy (non-hydrogen) atoms. The summed E-state index contributed by atoms with van der Waals surface area (Å²) in [6, 6.07) is 12.3. The Balaban J connectivity index is 1.75. The first-order chi connectivity index (χ1) is 15.0. The number of anilines is 1. The summed E-state index contributed by atoms with van der Waals surface area (Å²) < 4.78 is 15.8. The topological polar surface area (TPSA) is 89.5 Å². The van der Waals surface area contributed by atoms with Crippen molar-refractivity contribution in [2.75, 3.05) is 33.2 Å². The number of nitrogens with one attached hydrogen (secondary N) is 1. The Hall–Kier alpha value is -3.20. The minimum absolute atomic E-state index is 0.0420. The fourth-order valence-corrected chi connectivity index (χ4v) is 4.27. The molecule has 0 aliphatic carbocycles. The number of amides is 2. The third-order valence-corrected chi connectivity index (χ3v) is 5.86. The Kier molecular flexibility index (Phi) is 7.41. The summed E-state index contributed by atoms with van der Waals surface area (Å²) in [6.45, 7) is 2.32. The maximum atomic E-state index is 12.9. The van der Waals surface area contributed by atoms with E-state index in [4.69, 9.17) is 14.2 Å². The van der Waals surface area contributed by atoms with Crippen molar-refractivity contribution in [1.82, 2.24) is 4.90 Å². The number of ether oxygens (including phenoxy) is 3. The Labute approximate surface area is 185 Å². The van der Waals surface area contributed by atoms with Crippen LogP contribution in [-0.2, 0) is 9.59 Å². The van der Waals surface area contributed by atoms with Crippen molar-refractivity contribution >= 4 is 40.1 Å². The summed E-state index contributed by atoms with van der Waals surface area (Å²) in [5.74, 6) is 1.52. The lowest BCUT2D eigenvalue weighted by Crippen LogP contribution is -2.33. The van der Waals surface area contributed by atoms with Crippen LogP contribution < -0.4 is 19.5 Å². The molecular formula is C22H25N3O5S. The quantitative estimate of drug-likeness (QED) is 0.669. The molecule has 2 aromatic rings. The number of hydrogen-bond donors (Lipinski definition) is 1. The first-order valence-corrected chi connectivity index (χ1v) is 10.6. The second-order valence-corrected chi connectivity index (χ2v) is 7.77. The molecule has 9 heteroatoms. The van der Waals surface area contributed by atoms with Crippen LogP contribution in [-0.4, -0.2) is 55.0 Å². The van der Waals surface area contributed by atoms with Gasteiger partial charge in [-0.15, -0.1) is 0 Å². The van der Waals surface area contributed by atoms with E-state index in [1.807, 2.05) is 6.92 Å². The molecule has 2 amide bonds. The summed E-state index contributed by atoms with van der Waals surface area (Å²) in [4.78, 5) is 31.6. The standard InChI is InChI=1S/C22H25N3O5S/c1-5-25-21(27)19(13-20(26)23-14-6-8-15(28-2)9-7-14)31-22(25)24-17-12-16(29-3)10-11-18(17)30-4/h6-12,19H,5,13H2,1-4H3,(H,23,26). The van der Waals surface area contributed by atoms with Gasteiger partial charge in [-0.2, -0.15) is 0 Å². The van der Waals surface area contributed by atoms with Gasteiger partial charge in [0.05, 0.1) is 21.3 Å². The summed E-state index contributed by atoms with van der Waals surface area (Å²) in [7, 11) is 4.71. The molecule has 1 heterocycles. The molecule has 0 spiro atoms. The zero-order chi connectivity index (χ0) is 22.4. The number of methoxy groups -OCH3 is 3. The van der Waals surface area contributed by atoms with Gasteiger partial charge in [0.2, 0.25) is 11.8 Å². The lowest BCUT2D eigenvalue weighted by atomic mass is 10.2. The Bertz CT molecular complexity index is 978. The first kappa shape index (κ1) is 22.5. The zero-order valence-corrected chi connectivity index (χ0v) is 18.7. The van der Waals surface area contributed by atoms with E-state index in [1.54, 1.807) is 68.7 Å². The molecule has 0 aromatic heterocycles. The first-order valence-electron chi connectivity index (χ1n) is 9.71. The molecule has 1 aliphatic rings. The van der Waals surface area contributed by atoms with Gasteiger partial charge in [-0.3, -0.25) is 14.5 Å². The Morgan fingerprint density at radius 3 is 2.35 bits per heavy atom. The molecule has 0 saturated carbocycles. The average molecular weight is 444 g/mol. The lowest BCUT2D eigenvalue weighted by Gasteiger charge is -2.14. The highest BCUT2D eigenvalue weighted by Crippen LogP contribution is 2.36. The van der Waals surface area contributed by atoms with Crippen molar-refractivity contribution in [2.24, 2.45) is 4.99 Å². The number of thioether (sulfide) groups is 1. The smallest absolute Gasteiger partial charge is 0.242 e. The van der Waals surface area contributed by atoms with Gasteiger partial charge in [0.15, 0.2) is 5.17 Å². The van der Waals surface area contributed by atoms with E-state index in [0.717, 1.165) is 0 Å². The molecule has 3 rings (SSSR count). The van der Waals surface area contributed by atoms with E-state index >= 15 is 0 Å². The van der Waals surface area contributed by atoms with Crippen LogP contribution in [0.2, 0.25) is 0 Å². The summed E-state index contributed by atoms with van der Waals surface area (Å²) in [5.41, 5.74) is 1.20. The monoisotopic (exact) mass is 443 g/mol. The number of carbonyl (C=O) groups is 2. The van der Waals surface area contributed by atoms with Crippen molar-refractivity contribution in [2.45, 2.75) is 18.6 Å². The van der Waals surface area contributed by atoms with Gasteiger partial charge in [-0.25, -0.2) is 4.99 Å². The van der Waals surface area contributed by atoms with E-state index < -0.39 is 5.25 Å². The van der Waals surface area contributed by atoms with Gasteiger partial charge in [0.25, 0.3) is 0 Å². The molecule has 1 saturated heterocycles. The molecule has 1 atom stereocenters. The van der Waals surface area contributed by atoms with Gasteiger partial charge < -0.3 is 19.5 Å². The highest BCUT2D eigenvalue weighted by Gasteiger charge is 2.38. The van der Waals surface area contributed by atoms with E-state index in [2.05, 4.69) is 10.3 Å². The number of nitrogens with zero attached hydrogens (tertiary/aromatic N) is 2. The van der Waals surface area contributed by atoms with E-state index in [-0.39, 0.29) is 18.2 Å². The van der Waals surface area contributed by atoms with Crippen LogP contribution in [0.5, 0.6) is 17.2 Å². The number of benzene rings is 2. The summed E-state index contributed by atoms with van der Waals surface area (Å²) in [6.07, 6.45) is 0.0420. The van der Waals surface area contributed by atoms with Crippen LogP contribution in [0.4, 0.5) is 11.4 Å². The summed E-state index contributed by atoms with van der Waals surface area (Å²) in [5, 5.41) is 2.80. The fourth-order valence-electron chi connectivity index (χ4n) is 3.06. The van der Waals surface area contributed by atoms with Crippen molar-refractivity contribution in [3.8, 4) is 17.2 Å². The SMILES string of the molecule is CCN1C(=O)C(CC(=O)Nc2ccc(OC)cc2)SC1=Nc1cc(OC)ccc1OC. The maximum absolute atomic E-state index is 12.9. The number of amidine groups is 1. The van der Waals surface area contributed by atoms with E-state index in [9.17, 15) is 9.59 Å². The third-order valence-electron chi connectivity index (χ3n) is 4.68. The van der Waals surface area contributed by atoms with Crippen molar-refractivity contribution in [3.05, 3.63) is 42.5 Å². The third kappa shape index (κ3) is 5.29. The van der Waals surface area contributed by atoms with Gasteiger partial charge in [0.1, 0.15) is 28.2 Å². The van der Waals surface area contributed by atoms with Crippen molar-refractivity contribution < 1.29 is 23.8 Å². The largest absolute Gasteiger partial charge is 0.497 e. The maximum Gasteiger partial charge on any atom is 0.242 e. The minimum atomic E-state index is -0.548. The molecule has 0 bridgehead atoms. The second-order valence-electron chi connectivity index (χ2n) is 6.60. The molecule has 1 unspecified atom stereocenters. The highest BCUT2D eigenvalue weighted by molar-refractivity contribution is 8.15. The van der Waals surface area contributed by atoms with Gasteiger partial charge in [-0.05, 0) is 43.3 Å². The lowest BCUT2D eigenvalue weighted by molar-refractivity contribution is -0.128. The molecule has 1 N–H and O–H groups in total. The van der Waals surface area contributed by atoms with Crippen LogP contribution in [0.25, 0.3) is 0 Å². The van der Waals surface area contributed by atoms with Crippen molar-refractivity contribution in [3.63, 3.8) is 0 Å². The predicted molar refractivity (Wildman–Crippen MR) is 122 cm³/mol. The number of hydrogen-bond acceptors (Lipinski definition) is 7.